The molecule has 0 aliphatic carbocycles. The van der Waals surface area contributed by atoms with Crippen molar-refractivity contribution >= 4 is 48.1 Å². The number of amides is 1. The minimum absolute atomic E-state index is 0.0180. The molecule has 1 aromatic heterocycles. The van der Waals surface area contributed by atoms with Crippen LogP contribution in [0.15, 0.2) is 69.9 Å². The number of hydrogen-bond donors (Lipinski definition) is 2. The van der Waals surface area contributed by atoms with Crippen LogP contribution in [0.25, 0.3) is 0 Å². The molecule has 0 unspecified atom stereocenters. The molecule has 0 spiro atoms. The molecule has 168 valence electrons. The van der Waals surface area contributed by atoms with Gasteiger partial charge in [0.2, 0.25) is 10.0 Å². The predicted molar refractivity (Wildman–Crippen MR) is 122 cm³/mol. The number of carbonyl (C=O) groups excluding carboxylic acids is 1. The molecule has 4 rings (SSSR count). The highest BCUT2D eigenvalue weighted by Gasteiger charge is 2.27. The molecule has 1 amide bonds. The lowest BCUT2D eigenvalue weighted by molar-refractivity contribution is 0.102. The normalized spacial score (nSPS) is 14.9. The van der Waals surface area contributed by atoms with E-state index in [-0.39, 0.29) is 20.5 Å². The molecule has 3 aromatic rings. The third kappa shape index (κ3) is 4.83. The van der Waals surface area contributed by atoms with Gasteiger partial charge < -0.3 is 5.32 Å². The first-order valence-electron chi connectivity index (χ1n) is 9.70. The molecule has 1 fully saturated rings. The molecule has 32 heavy (non-hydrogen) atoms. The average Bonchev–Trinajstić information content (AvgIpc) is 3.49. The Hall–Kier alpha value is -2.80. The van der Waals surface area contributed by atoms with E-state index in [1.807, 2.05) is 0 Å². The number of sulfonamides is 2. The zero-order chi connectivity index (χ0) is 22.8. The average molecular weight is 493 g/mol. The van der Waals surface area contributed by atoms with E-state index in [0.717, 1.165) is 24.2 Å². The van der Waals surface area contributed by atoms with Gasteiger partial charge in [-0.2, -0.15) is 4.31 Å². The highest BCUT2D eigenvalue weighted by atomic mass is 32.2. The number of aromatic nitrogens is 1. The molecule has 0 radical (unpaired) electrons. The van der Waals surface area contributed by atoms with E-state index >= 15 is 0 Å². The Morgan fingerprint density at radius 2 is 1.69 bits per heavy atom. The van der Waals surface area contributed by atoms with E-state index < -0.39 is 26.0 Å². The van der Waals surface area contributed by atoms with E-state index in [2.05, 4.69) is 15.0 Å². The van der Waals surface area contributed by atoms with Gasteiger partial charge in [-0.25, -0.2) is 21.8 Å². The van der Waals surface area contributed by atoms with Crippen LogP contribution in [0.4, 0.5) is 10.8 Å². The molecule has 2 aromatic carbocycles. The first kappa shape index (κ1) is 22.4. The van der Waals surface area contributed by atoms with E-state index in [0.29, 0.717) is 18.8 Å². The number of rotatable bonds is 7. The molecule has 2 N–H and O–H groups in total. The maximum Gasteiger partial charge on any atom is 0.263 e. The van der Waals surface area contributed by atoms with Gasteiger partial charge in [-0.1, -0.05) is 6.07 Å². The maximum absolute atomic E-state index is 12.7. The second kappa shape index (κ2) is 8.98. The summed E-state index contributed by atoms with van der Waals surface area (Å²) in [5, 5.41) is 4.57. The lowest BCUT2D eigenvalue weighted by atomic mass is 10.2. The molecule has 1 aliphatic heterocycles. The zero-order valence-corrected chi connectivity index (χ0v) is 19.2. The molecule has 0 saturated carbocycles. The third-order valence-electron chi connectivity index (χ3n) is 4.88. The monoisotopic (exact) mass is 492 g/mol. The minimum atomic E-state index is -3.80. The number of nitrogens with zero attached hydrogens (tertiary/aromatic N) is 2. The molecule has 0 bridgehead atoms. The first-order chi connectivity index (χ1) is 15.3. The summed E-state index contributed by atoms with van der Waals surface area (Å²) in [5.74, 6) is -0.500. The van der Waals surface area contributed by atoms with Gasteiger partial charge in [-0.15, -0.1) is 11.3 Å². The second-order valence-electron chi connectivity index (χ2n) is 7.06. The number of nitrogens with one attached hydrogen (secondary N) is 2. The first-order valence-corrected chi connectivity index (χ1v) is 13.5. The lowest BCUT2D eigenvalue weighted by Crippen LogP contribution is -2.28. The summed E-state index contributed by atoms with van der Waals surface area (Å²) < 4.78 is 54.1. The van der Waals surface area contributed by atoms with Gasteiger partial charge >= 0.3 is 0 Å². The molecule has 0 atom stereocenters. The fourth-order valence-electron chi connectivity index (χ4n) is 3.24. The van der Waals surface area contributed by atoms with Gasteiger partial charge in [-0.05, 0) is 55.3 Å². The highest BCUT2D eigenvalue weighted by Crippen LogP contribution is 2.23. The summed E-state index contributed by atoms with van der Waals surface area (Å²) in [6, 6.07) is 11.5. The van der Waals surface area contributed by atoms with Crippen LogP contribution in [0.5, 0.6) is 0 Å². The van der Waals surface area contributed by atoms with Gasteiger partial charge in [0.25, 0.3) is 15.9 Å². The van der Waals surface area contributed by atoms with Crippen LogP contribution in [-0.4, -0.2) is 45.1 Å². The topological polar surface area (TPSA) is 126 Å². The molecular formula is C20H20N4O5S3. The standard InChI is InChI=1S/C20H20N4O5S3/c25-19(15-4-3-5-18(14-15)32(28,29)24-11-1-2-12-24)22-16-6-8-17(9-7-16)31(26,27)23-20-21-10-13-30-20/h3-10,13-14H,1-2,11-12H2,(H,21,23)(H,22,25). The van der Waals surface area contributed by atoms with E-state index in [4.69, 9.17) is 0 Å². The van der Waals surface area contributed by atoms with E-state index in [1.54, 1.807) is 5.38 Å². The fourth-order valence-corrected chi connectivity index (χ4v) is 6.60. The SMILES string of the molecule is O=C(Nc1ccc(S(=O)(=O)Nc2nccs2)cc1)c1cccc(S(=O)(=O)N2CCCC2)c1. The molecule has 1 saturated heterocycles. The summed E-state index contributed by atoms with van der Waals surface area (Å²) in [7, 11) is -7.43. The quantitative estimate of drug-likeness (QED) is 0.522. The Balaban J connectivity index is 1.47. The van der Waals surface area contributed by atoms with Gasteiger partial charge in [0.15, 0.2) is 5.13 Å². The number of carbonyl (C=O) groups is 1. The summed E-state index contributed by atoms with van der Waals surface area (Å²) in [6.45, 7) is 0.955. The summed E-state index contributed by atoms with van der Waals surface area (Å²) in [6.07, 6.45) is 3.14. The van der Waals surface area contributed by atoms with E-state index in [1.165, 1.54) is 59.0 Å². The Morgan fingerprint density at radius 1 is 0.969 bits per heavy atom. The van der Waals surface area contributed by atoms with Crippen LogP contribution in [0.1, 0.15) is 23.2 Å². The minimum Gasteiger partial charge on any atom is -0.322 e. The van der Waals surface area contributed by atoms with Gasteiger partial charge in [0.05, 0.1) is 9.79 Å². The Kier molecular flexibility index (Phi) is 6.29. The maximum atomic E-state index is 12.7. The Labute approximate surface area is 190 Å². The van der Waals surface area contributed by atoms with Crippen LogP contribution in [0.3, 0.4) is 0 Å². The Bertz CT molecular complexity index is 1320. The summed E-state index contributed by atoms with van der Waals surface area (Å²) in [5.41, 5.74) is 0.559. The van der Waals surface area contributed by atoms with Crippen LogP contribution in [0.2, 0.25) is 0 Å². The van der Waals surface area contributed by atoms with Crippen LogP contribution in [-0.2, 0) is 20.0 Å². The fraction of sp³-hybridized carbons (Fsp3) is 0.200. The Morgan fingerprint density at radius 3 is 2.34 bits per heavy atom. The number of thiazole rings is 1. The van der Waals surface area contributed by atoms with Crippen molar-refractivity contribution in [2.45, 2.75) is 22.6 Å². The molecule has 12 heteroatoms. The molecule has 2 heterocycles. The second-order valence-corrected chi connectivity index (χ2v) is 11.6. The zero-order valence-electron chi connectivity index (χ0n) is 16.8. The van der Waals surface area contributed by atoms with Gasteiger partial charge in [0.1, 0.15) is 0 Å². The van der Waals surface area contributed by atoms with Crippen molar-refractivity contribution in [3.05, 3.63) is 65.7 Å². The smallest absolute Gasteiger partial charge is 0.263 e. The van der Waals surface area contributed by atoms with Crippen molar-refractivity contribution in [1.82, 2.24) is 9.29 Å². The van der Waals surface area contributed by atoms with Crippen molar-refractivity contribution in [2.24, 2.45) is 0 Å². The molecule has 1 aliphatic rings. The number of anilines is 2. The van der Waals surface area contributed by atoms with Gasteiger partial charge in [0, 0.05) is 35.9 Å². The van der Waals surface area contributed by atoms with Crippen LogP contribution >= 0.6 is 11.3 Å². The summed E-state index contributed by atoms with van der Waals surface area (Å²) in [4.78, 5) is 16.6. The molecule has 9 nitrogen and oxygen atoms in total. The highest BCUT2D eigenvalue weighted by molar-refractivity contribution is 7.93. The van der Waals surface area contributed by atoms with Crippen molar-refractivity contribution < 1.29 is 21.6 Å². The predicted octanol–water partition coefficient (Wildman–Crippen LogP) is 2.98. The third-order valence-corrected chi connectivity index (χ3v) is 8.94. The van der Waals surface area contributed by atoms with E-state index in [9.17, 15) is 21.6 Å². The molecular weight excluding hydrogens is 472 g/mol. The van der Waals surface area contributed by atoms with Crippen molar-refractivity contribution in [3.8, 4) is 0 Å². The lowest BCUT2D eigenvalue weighted by Gasteiger charge is -2.16. The van der Waals surface area contributed by atoms with Gasteiger partial charge in [-0.3, -0.25) is 9.52 Å². The van der Waals surface area contributed by atoms with Crippen molar-refractivity contribution in [3.63, 3.8) is 0 Å². The largest absolute Gasteiger partial charge is 0.322 e. The van der Waals surface area contributed by atoms with Crippen LogP contribution in [0, 0.1) is 0 Å². The summed E-state index contributed by atoms with van der Waals surface area (Å²) >= 11 is 1.16. The number of benzene rings is 2. The van der Waals surface area contributed by atoms with Crippen molar-refractivity contribution in [2.75, 3.05) is 23.1 Å². The van der Waals surface area contributed by atoms with Crippen molar-refractivity contribution in [1.29, 1.82) is 0 Å². The van der Waals surface area contributed by atoms with Crippen LogP contribution < -0.4 is 10.0 Å². The number of hydrogen-bond acceptors (Lipinski definition) is 7.